The number of carbonyl (C=O) groups excluding carboxylic acids is 1. The zero-order chi connectivity index (χ0) is 19.3. The zero-order valence-corrected chi connectivity index (χ0v) is 15.9. The SMILES string of the molecule is CCN(C(=O)CCNS(=O)(=O)c1cc(C)ccc1C)c1ccc(F)cc1. The molecule has 26 heavy (non-hydrogen) atoms. The van der Waals surface area contributed by atoms with E-state index >= 15 is 0 Å². The third kappa shape index (κ3) is 4.89. The quantitative estimate of drug-likeness (QED) is 0.805. The molecule has 7 heteroatoms. The molecule has 0 aliphatic rings. The molecule has 0 fully saturated rings. The Hall–Kier alpha value is -2.25. The molecule has 1 amide bonds. The Labute approximate surface area is 153 Å². The van der Waals surface area contributed by atoms with Crippen molar-refractivity contribution in [2.75, 3.05) is 18.0 Å². The first-order valence-corrected chi connectivity index (χ1v) is 9.85. The first-order chi connectivity index (χ1) is 12.2. The minimum atomic E-state index is -3.68. The van der Waals surface area contributed by atoms with Gasteiger partial charge in [-0.05, 0) is 62.2 Å². The highest BCUT2D eigenvalue weighted by Crippen LogP contribution is 2.17. The number of benzene rings is 2. The zero-order valence-electron chi connectivity index (χ0n) is 15.1. The van der Waals surface area contributed by atoms with E-state index in [9.17, 15) is 17.6 Å². The van der Waals surface area contributed by atoms with Crippen LogP contribution in [0.5, 0.6) is 0 Å². The van der Waals surface area contributed by atoms with Crippen LogP contribution in [0.25, 0.3) is 0 Å². The molecule has 2 rings (SSSR count). The molecule has 0 aliphatic heterocycles. The molecule has 0 atom stereocenters. The van der Waals surface area contributed by atoms with Gasteiger partial charge in [-0.2, -0.15) is 0 Å². The van der Waals surface area contributed by atoms with Crippen molar-refractivity contribution >= 4 is 21.6 Å². The van der Waals surface area contributed by atoms with Gasteiger partial charge in [0.25, 0.3) is 0 Å². The van der Waals surface area contributed by atoms with Crippen LogP contribution in [-0.4, -0.2) is 27.4 Å². The van der Waals surface area contributed by atoms with Crippen LogP contribution < -0.4 is 9.62 Å². The number of carbonyl (C=O) groups is 1. The lowest BCUT2D eigenvalue weighted by atomic mass is 10.2. The Morgan fingerprint density at radius 3 is 2.38 bits per heavy atom. The molecule has 0 aromatic heterocycles. The number of anilines is 1. The molecule has 0 saturated heterocycles. The Bertz CT molecular complexity index is 880. The average Bonchev–Trinajstić information content (AvgIpc) is 2.59. The highest BCUT2D eigenvalue weighted by Gasteiger charge is 2.19. The predicted molar refractivity (Wildman–Crippen MR) is 100 cm³/mol. The average molecular weight is 378 g/mol. The van der Waals surface area contributed by atoms with E-state index in [1.54, 1.807) is 19.1 Å². The summed E-state index contributed by atoms with van der Waals surface area (Å²) in [6.45, 7) is 5.76. The molecular weight excluding hydrogens is 355 g/mol. The van der Waals surface area contributed by atoms with Crippen molar-refractivity contribution in [2.24, 2.45) is 0 Å². The first kappa shape index (κ1) is 20.1. The number of rotatable bonds is 7. The molecule has 2 aromatic carbocycles. The van der Waals surface area contributed by atoms with E-state index in [4.69, 9.17) is 0 Å². The first-order valence-electron chi connectivity index (χ1n) is 8.37. The van der Waals surface area contributed by atoms with Crippen LogP contribution in [0.15, 0.2) is 47.4 Å². The van der Waals surface area contributed by atoms with Gasteiger partial charge in [0.1, 0.15) is 5.82 Å². The fourth-order valence-electron chi connectivity index (χ4n) is 2.63. The number of hydrogen-bond acceptors (Lipinski definition) is 3. The summed E-state index contributed by atoms with van der Waals surface area (Å²) in [5, 5.41) is 0. The Kier molecular flexibility index (Phi) is 6.50. The monoisotopic (exact) mass is 378 g/mol. The summed E-state index contributed by atoms with van der Waals surface area (Å²) >= 11 is 0. The summed E-state index contributed by atoms with van der Waals surface area (Å²) < 4.78 is 40.4. The summed E-state index contributed by atoms with van der Waals surface area (Å²) in [6.07, 6.45) is 0.00924. The van der Waals surface area contributed by atoms with Gasteiger partial charge >= 0.3 is 0 Å². The number of hydrogen-bond donors (Lipinski definition) is 1. The lowest BCUT2D eigenvalue weighted by Gasteiger charge is -2.21. The highest BCUT2D eigenvalue weighted by atomic mass is 32.2. The second-order valence-corrected chi connectivity index (χ2v) is 7.77. The van der Waals surface area contributed by atoms with E-state index in [0.29, 0.717) is 17.8 Å². The second-order valence-electron chi connectivity index (χ2n) is 6.03. The Morgan fingerprint density at radius 1 is 1.12 bits per heavy atom. The van der Waals surface area contributed by atoms with E-state index in [1.807, 2.05) is 19.9 Å². The van der Waals surface area contributed by atoms with Gasteiger partial charge in [-0.3, -0.25) is 4.79 Å². The molecule has 0 spiro atoms. The molecule has 140 valence electrons. The molecule has 0 bridgehead atoms. The number of nitrogens with zero attached hydrogens (tertiary/aromatic N) is 1. The van der Waals surface area contributed by atoms with Crippen molar-refractivity contribution < 1.29 is 17.6 Å². The van der Waals surface area contributed by atoms with Crippen molar-refractivity contribution in [1.82, 2.24) is 4.72 Å². The van der Waals surface area contributed by atoms with E-state index in [1.165, 1.54) is 29.2 Å². The number of amides is 1. The largest absolute Gasteiger partial charge is 0.313 e. The maximum absolute atomic E-state index is 13.0. The Morgan fingerprint density at radius 2 is 1.77 bits per heavy atom. The third-order valence-corrected chi connectivity index (χ3v) is 5.62. The molecule has 0 unspecified atom stereocenters. The minimum Gasteiger partial charge on any atom is -0.313 e. The summed E-state index contributed by atoms with van der Waals surface area (Å²) in [5.41, 5.74) is 2.08. The molecule has 5 nitrogen and oxygen atoms in total. The highest BCUT2D eigenvalue weighted by molar-refractivity contribution is 7.89. The van der Waals surface area contributed by atoms with Crippen molar-refractivity contribution in [3.63, 3.8) is 0 Å². The lowest BCUT2D eigenvalue weighted by molar-refractivity contribution is -0.118. The summed E-state index contributed by atoms with van der Waals surface area (Å²) in [4.78, 5) is 14.1. The van der Waals surface area contributed by atoms with Gasteiger partial charge in [-0.25, -0.2) is 17.5 Å². The van der Waals surface area contributed by atoms with Gasteiger partial charge in [0, 0.05) is 25.2 Å². The summed E-state index contributed by atoms with van der Waals surface area (Å²) in [6, 6.07) is 10.8. The van der Waals surface area contributed by atoms with Gasteiger partial charge in [-0.1, -0.05) is 12.1 Å². The topological polar surface area (TPSA) is 66.5 Å². The van der Waals surface area contributed by atoms with Gasteiger partial charge < -0.3 is 4.90 Å². The molecule has 0 aliphatic carbocycles. The maximum Gasteiger partial charge on any atom is 0.240 e. The molecule has 0 heterocycles. The fraction of sp³-hybridized carbons (Fsp3) is 0.316. The number of halogens is 1. The van der Waals surface area contributed by atoms with Gasteiger partial charge in [-0.15, -0.1) is 0 Å². The predicted octanol–water partition coefficient (Wildman–Crippen LogP) is 3.16. The second kappa shape index (κ2) is 8.42. The molecule has 0 radical (unpaired) electrons. The van der Waals surface area contributed by atoms with Crippen LogP contribution in [0.3, 0.4) is 0 Å². The van der Waals surface area contributed by atoms with E-state index in [-0.39, 0.29) is 29.6 Å². The molecule has 0 saturated carbocycles. The number of nitrogens with one attached hydrogen (secondary N) is 1. The third-order valence-electron chi connectivity index (χ3n) is 4.02. The van der Waals surface area contributed by atoms with Crippen LogP contribution >= 0.6 is 0 Å². The normalized spacial score (nSPS) is 11.4. The van der Waals surface area contributed by atoms with Crippen molar-refractivity contribution in [2.45, 2.75) is 32.1 Å². The standard InChI is InChI=1S/C19H23FN2O3S/c1-4-22(17-9-7-16(20)8-10-17)19(23)11-12-21-26(24,25)18-13-14(2)5-6-15(18)3/h5-10,13,21H,4,11-12H2,1-3H3. The van der Waals surface area contributed by atoms with Crippen molar-refractivity contribution in [1.29, 1.82) is 0 Å². The van der Waals surface area contributed by atoms with E-state index in [0.717, 1.165) is 5.56 Å². The van der Waals surface area contributed by atoms with Crippen LogP contribution in [0.1, 0.15) is 24.5 Å². The van der Waals surface area contributed by atoms with Gasteiger partial charge in [0.2, 0.25) is 15.9 Å². The lowest BCUT2D eigenvalue weighted by Crippen LogP contribution is -2.34. The van der Waals surface area contributed by atoms with Crippen LogP contribution in [0.4, 0.5) is 10.1 Å². The van der Waals surface area contributed by atoms with E-state index < -0.39 is 10.0 Å². The Balaban J connectivity index is 2.02. The van der Waals surface area contributed by atoms with Crippen LogP contribution in [0, 0.1) is 19.7 Å². The molecule has 2 aromatic rings. The number of sulfonamides is 1. The fourth-order valence-corrected chi connectivity index (χ4v) is 3.99. The van der Waals surface area contributed by atoms with Crippen LogP contribution in [0.2, 0.25) is 0 Å². The maximum atomic E-state index is 13.0. The summed E-state index contributed by atoms with van der Waals surface area (Å²) in [7, 11) is -3.68. The van der Waals surface area contributed by atoms with Crippen LogP contribution in [-0.2, 0) is 14.8 Å². The molecule has 1 N–H and O–H groups in total. The van der Waals surface area contributed by atoms with Gasteiger partial charge in [0.05, 0.1) is 4.90 Å². The number of aryl methyl sites for hydroxylation is 2. The minimum absolute atomic E-state index is 0.00770. The van der Waals surface area contributed by atoms with E-state index in [2.05, 4.69) is 4.72 Å². The van der Waals surface area contributed by atoms with Gasteiger partial charge in [0.15, 0.2) is 0 Å². The van der Waals surface area contributed by atoms with Crippen molar-refractivity contribution in [3.8, 4) is 0 Å². The van der Waals surface area contributed by atoms with Crippen molar-refractivity contribution in [3.05, 3.63) is 59.4 Å². The molecular formula is C19H23FN2O3S. The summed E-state index contributed by atoms with van der Waals surface area (Å²) in [5.74, 6) is -0.610. The smallest absolute Gasteiger partial charge is 0.240 e.